The summed E-state index contributed by atoms with van der Waals surface area (Å²) in [6.07, 6.45) is 3.31. The topological polar surface area (TPSA) is 84.9 Å². The van der Waals surface area contributed by atoms with Crippen LogP contribution >= 0.6 is 0 Å². The molecule has 2 aromatic rings. The molecule has 7 nitrogen and oxygen atoms in total. The second-order valence-electron chi connectivity index (χ2n) is 7.17. The van der Waals surface area contributed by atoms with Crippen molar-refractivity contribution in [2.75, 3.05) is 20.8 Å². The normalized spacial score (nSPS) is 13.5. The van der Waals surface area contributed by atoms with E-state index in [2.05, 4.69) is 11.3 Å². The van der Waals surface area contributed by atoms with Crippen molar-refractivity contribution in [3.63, 3.8) is 0 Å². The zero-order valence-corrected chi connectivity index (χ0v) is 17.9. The maximum absolute atomic E-state index is 12.9. The highest BCUT2D eigenvalue weighted by Gasteiger charge is 2.30. The van der Waals surface area contributed by atoms with E-state index in [0.29, 0.717) is 13.2 Å². The number of amides is 1. The van der Waals surface area contributed by atoms with E-state index in [1.54, 1.807) is 19.2 Å². The van der Waals surface area contributed by atoms with Crippen LogP contribution in [0.15, 0.2) is 60.0 Å². The zero-order chi connectivity index (χ0) is 21.7. The van der Waals surface area contributed by atoms with Gasteiger partial charge in [-0.15, -0.1) is 0 Å². The molecule has 0 radical (unpaired) electrons. The van der Waals surface area contributed by atoms with Crippen molar-refractivity contribution in [2.24, 2.45) is 0 Å². The molecule has 1 fully saturated rings. The number of nitrogens with zero attached hydrogens (tertiary/aromatic N) is 1. The lowest BCUT2D eigenvalue weighted by molar-refractivity contribution is 0.0785. The van der Waals surface area contributed by atoms with Crippen molar-refractivity contribution in [1.29, 1.82) is 0 Å². The Morgan fingerprint density at radius 2 is 1.93 bits per heavy atom. The Morgan fingerprint density at radius 3 is 2.53 bits per heavy atom. The van der Waals surface area contributed by atoms with E-state index < -0.39 is 10.0 Å². The molecule has 0 unspecified atom stereocenters. The first-order valence-electron chi connectivity index (χ1n) is 9.62. The molecule has 2 aromatic carbocycles. The molecular weight excluding hydrogens is 404 g/mol. The van der Waals surface area contributed by atoms with Gasteiger partial charge in [-0.3, -0.25) is 4.79 Å². The number of nitrogens with one attached hydrogen (secondary N) is 1. The van der Waals surface area contributed by atoms with E-state index in [4.69, 9.17) is 9.47 Å². The monoisotopic (exact) mass is 430 g/mol. The van der Waals surface area contributed by atoms with Gasteiger partial charge in [-0.25, -0.2) is 13.1 Å². The van der Waals surface area contributed by atoms with Gasteiger partial charge >= 0.3 is 0 Å². The molecule has 0 aliphatic heterocycles. The van der Waals surface area contributed by atoms with Crippen molar-refractivity contribution in [3.8, 4) is 11.5 Å². The van der Waals surface area contributed by atoms with E-state index in [0.717, 1.165) is 24.2 Å². The molecule has 8 heteroatoms. The first kappa shape index (κ1) is 21.9. The lowest BCUT2D eigenvalue weighted by atomic mass is 10.1. The van der Waals surface area contributed by atoms with E-state index in [1.165, 1.54) is 24.1 Å². The second-order valence-corrected chi connectivity index (χ2v) is 8.85. The minimum atomic E-state index is -3.76. The van der Waals surface area contributed by atoms with Gasteiger partial charge in [-0.05, 0) is 48.7 Å². The summed E-state index contributed by atoms with van der Waals surface area (Å²) in [7, 11) is -0.683. The molecule has 0 spiro atoms. The molecule has 0 heterocycles. The quantitative estimate of drug-likeness (QED) is 0.586. The number of hydrogen-bond donors (Lipinski definition) is 1. The fourth-order valence-corrected chi connectivity index (χ4v) is 4.42. The van der Waals surface area contributed by atoms with Crippen LogP contribution in [-0.4, -0.2) is 46.0 Å². The van der Waals surface area contributed by atoms with Gasteiger partial charge in [0.15, 0.2) is 0 Å². The number of rotatable bonds is 10. The minimum Gasteiger partial charge on any atom is -0.495 e. The van der Waals surface area contributed by atoms with Gasteiger partial charge in [0.25, 0.3) is 5.91 Å². The maximum atomic E-state index is 12.9. The van der Waals surface area contributed by atoms with Gasteiger partial charge in [0, 0.05) is 25.2 Å². The van der Waals surface area contributed by atoms with Crippen molar-refractivity contribution in [3.05, 3.63) is 66.2 Å². The van der Waals surface area contributed by atoms with Gasteiger partial charge < -0.3 is 14.4 Å². The lowest BCUT2D eigenvalue weighted by Gasteiger charge is -2.19. The number of benzene rings is 2. The Balaban J connectivity index is 1.75. The van der Waals surface area contributed by atoms with E-state index in [-0.39, 0.29) is 28.2 Å². The van der Waals surface area contributed by atoms with Crippen molar-refractivity contribution in [1.82, 2.24) is 9.62 Å². The lowest BCUT2D eigenvalue weighted by Crippen LogP contribution is -2.28. The summed E-state index contributed by atoms with van der Waals surface area (Å²) < 4.78 is 38.6. The van der Waals surface area contributed by atoms with Crippen molar-refractivity contribution >= 4 is 15.9 Å². The van der Waals surface area contributed by atoms with E-state index in [1.807, 2.05) is 24.3 Å². The SMILES string of the molecule is C=CCOc1ccc(CN(C)C(=O)c2ccc(OC)c(S(=O)(=O)NC3CC3)c2)cc1. The van der Waals surface area contributed by atoms with Gasteiger partial charge in [-0.2, -0.15) is 0 Å². The van der Waals surface area contributed by atoms with Gasteiger partial charge in [0.2, 0.25) is 10.0 Å². The van der Waals surface area contributed by atoms with Gasteiger partial charge in [-0.1, -0.05) is 24.8 Å². The number of ether oxygens (including phenoxy) is 2. The van der Waals surface area contributed by atoms with Crippen LogP contribution < -0.4 is 14.2 Å². The second kappa shape index (κ2) is 9.32. The maximum Gasteiger partial charge on any atom is 0.253 e. The Labute approximate surface area is 177 Å². The van der Waals surface area contributed by atoms with Crippen LogP contribution in [0.3, 0.4) is 0 Å². The number of methoxy groups -OCH3 is 1. The van der Waals surface area contributed by atoms with Crippen LogP contribution in [0.2, 0.25) is 0 Å². The molecule has 1 amide bonds. The number of carbonyl (C=O) groups is 1. The molecule has 30 heavy (non-hydrogen) atoms. The average Bonchev–Trinajstić information content (AvgIpc) is 3.55. The summed E-state index contributed by atoms with van der Waals surface area (Å²) in [4.78, 5) is 14.4. The summed E-state index contributed by atoms with van der Waals surface area (Å²) in [5.74, 6) is 0.644. The van der Waals surface area contributed by atoms with Gasteiger partial charge in [0.05, 0.1) is 7.11 Å². The smallest absolute Gasteiger partial charge is 0.253 e. The van der Waals surface area contributed by atoms with Crippen LogP contribution in [-0.2, 0) is 16.6 Å². The number of sulfonamides is 1. The van der Waals surface area contributed by atoms with Gasteiger partial charge in [0.1, 0.15) is 23.0 Å². The third-order valence-electron chi connectivity index (χ3n) is 4.66. The molecule has 0 atom stereocenters. The molecule has 0 saturated heterocycles. The molecule has 1 N–H and O–H groups in total. The van der Waals surface area contributed by atoms with E-state index in [9.17, 15) is 13.2 Å². The minimum absolute atomic E-state index is 0.0279. The Kier molecular flexibility index (Phi) is 6.79. The van der Waals surface area contributed by atoms with Crippen molar-refractivity contribution in [2.45, 2.75) is 30.3 Å². The highest BCUT2D eigenvalue weighted by molar-refractivity contribution is 7.89. The molecular formula is C22H26N2O5S. The number of carbonyl (C=O) groups excluding carboxylic acids is 1. The highest BCUT2D eigenvalue weighted by atomic mass is 32.2. The standard InChI is InChI=1S/C22H26N2O5S/c1-4-13-29-19-10-5-16(6-11-19)15-24(2)22(25)17-7-12-20(28-3)21(14-17)30(26,27)23-18-8-9-18/h4-7,10-12,14,18,23H,1,8-9,13,15H2,2-3H3. The van der Waals surface area contributed by atoms with Crippen LogP contribution in [0.1, 0.15) is 28.8 Å². The van der Waals surface area contributed by atoms with Crippen LogP contribution in [0.5, 0.6) is 11.5 Å². The van der Waals surface area contributed by atoms with E-state index >= 15 is 0 Å². The Morgan fingerprint density at radius 1 is 1.23 bits per heavy atom. The summed E-state index contributed by atoms with van der Waals surface area (Å²) >= 11 is 0. The van der Waals surface area contributed by atoms with Crippen LogP contribution in [0, 0.1) is 0 Å². The molecule has 1 aliphatic rings. The van der Waals surface area contributed by atoms with Crippen molar-refractivity contribution < 1.29 is 22.7 Å². The fourth-order valence-electron chi connectivity index (χ4n) is 2.92. The van der Waals surface area contributed by atoms with Crippen LogP contribution in [0.4, 0.5) is 0 Å². The third kappa shape index (κ3) is 5.40. The zero-order valence-electron chi connectivity index (χ0n) is 17.1. The molecule has 0 bridgehead atoms. The largest absolute Gasteiger partial charge is 0.495 e. The first-order valence-corrected chi connectivity index (χ1v) is 11.1. The summed E-state index contributed by atoms with van der Waals surface area (Å²) in [5, 5.41) is 0. The Hall–Kier alpha value is -2.84. The summed E-state index contributed by atoms with van der Waals surface area (Å²) in [6, 6.07) is 11.8. The predicted octanol–water partition coefficient (Wildman–Crippen LogP) is 2.97. The molecule has 160 valence electrons. The highest BCUT2D eigenvalue weighted by Crippen LogP contribution is 2.28. The molecule has 1 aliphatic carbocycles. The summed E-state index contributed by atoms with van der Waals surface area (Å²) in [5.41, 5.74) is 1.20. The first-order chi connectivity index (χ1) is 14.3. The van der Waals surface area contributed by atoms with Crippen LogP contribution in [0.25, 0.3) is 0 Å². The number of hydrogen-bond acceptors (Lipinski definition) is 5. The molecule has 3 rings (SSSR count). The third-order valence-corrected chi connectivity index (χ3v) is 6.20. The fraction of sp³-hybridized carbons (Fsp3) is 0.318. The Bertz CT molecular complexity index is 1010. The average molecular weight is 431 g/mol. The molecule has 1 saturated carbocycles. The molecule has 0 aromatic heterocycles. The predicted molar refractivity (Wildman–Crippen MR) is 114 cm³/mol. The summed E-state index contributed by atoms with van der Waals surface area (Å²) in [6.45, 7) is 4.41.